The maximum atomic E-state index is 5.80. The number of anilines is 1. The molecule has 0 atom stereocenters. The van der Waals surface area contributed by atoms with Crippen LogP contribution in [0.15, 0.2) is 54.7 Å². The Hall–Kier alpha value is -2.88. The summed E-state index contributed by atoms with van der Waals surface area (Å²) in [6, 6.07) is 15.7. The van der Waals surface area contributed by atoms with E-state index in [9.17, 15) is 0 Å². The average Bonchev–Trinajstić information content (AvgIpc) is 2.89. The Labute approximate surface area is 115 Å². The number of nitrogens with two attached hydrogens (primary N) is 1. The molecule has 3 N–H and O–H groups in total. The fourth-order valence-electron chi connectivity index (χ4n) is 2.46. The molecule has 0 aliphatic rings. The molecule has 2 aromatic carbocycles. The highest BCUT2D eigenvalue weighted by molar-refractivity contribution is 5.94. The highest BCUT2D eigenvalue weighted by atomic mass is 14.9. The summed E-state index contributed by atoms with van der Waals surface area (Å²) in [5.74, 6) is 0.837. The van der Waals surface area contributed by atoms with E-state index in [1.165, 1.54) is 0 Å². The molecule has 4 aromatic rings. The lowest BCUT2D eigenvalue weighted by molar-refractivity contribution is 1.34. The number of H-pyrrole nitrogens is 1. The summed E-state index contributed by atoms with van der Waals surface area (Å²) in [6.45, 7) is 0. The van der Waals surface area contributed by atoms with Gasteiger partial charge in [0.05, 0.1) is 16.6 Å². The number of nitrogens with one attached hydrogen (secondary N) is 1. The molecule has 4 rings (SSSR count). The standard InChI is InChI=1S/C16H12N4/c17-10-6-7-14-15(9-10)20-16(19-14)12-3-1-5-13-11(12)4-2-8-18-13/h1-9H,17H2,(H,19,20). The lowest BCUT2D eigenvalue weighted by Crippen LogP contribution is -1.84. The number of rotatable bonds is 1. The van der Waals surface area contributed by atoms with E-state index in [1.54, 1.807) is 6.20 Å². The molecule has 0 unspecified atom stereocenters. The smallest absolute Gasteiger partial charge is 0.139 e. The van der Waals surface area contributed by atoms with Gasteiger partial charge in [-0.3, -0.25) is 4.98 Å². The van der Waals surface area contributed by atoms with Crippen LogP contribution in [0.4, 0.5) is 5.69 Å². The molecule has 2 aromatic heterocycles. The maximum Gasteiger partial charge on any atom is 0.139 e. The first-order valence-corrected chi connectivity index (χ1v) is 6.41. The van der Waals surface area contributed by atoms with Crippen LogP contribution in [0.2, 0.25) is 0 Å². The Kier molecular flexibility index (Phi) is 2.23. The van der Waals surface area contributed by atoms with Gasteiger partial charge in [0.2, 0.25) is 0 Å². The topological polar surface area (TPSA) is 67.6 Å². The van der Waals surface area contributed by atoms with Gasteiger partial charge in [0, 0.05) is 22.8 Å². The van der Waals surface area contributed by atoms with Crippen LogP contribution < -0.4 is 5.73 Å². The van der Waals surface area contributed by atoms with E-state index in [0.717, 1.165) is 39.0 Å². The zero-order valence-electron chi connectivity index (χ0n) is 10.7. The second-order valence-corrected chi connectivity index (χ2v) is 4.74. The normalized spacial score (nSPS) is 11.2. The largest absolute Gasteiger partial charge is 0.399 e. The molecule has 2 heterocycles. The first-order chi connectivity index (χ1) is 9.81. The molecule has 0 fully saturated rings. The second kappa shape index (κ2) is 4.06. The summed E-state index contributed by atoms with van der Waals surface area (Å²) in [6.07, 6.45) is 1.80. The second-order valence-electron chi connectivity index (χ2n) is 4.74. The van der Waals surface area contributed by atoms with Crippen molar-refractivity contribution >= 4 is 27.6 Å². The minimum Gasteiger partial charge on any atom is -0.399 e. The van der Waals surface area contributed by atoms with Crippen molar-refractivity contribution < 1.29 is 0 Å². The van der Waals surface area contributed by atoms with Gasteiger partial charge in [-0.15, -0.1) is 0 Å². The number of aromatic nitrogens is 3. The number of hydrogen-bond acceptors (Lipinski definition) is 3. The van der Waals surface area contributed by atoms with Crippen LogP contribution in [-0.4, -0.2) is 15.0 Å². The van der Waals surface area contributed by atoms with Crippen LogP contribution in [0.5, 0.6) is 0 Å². The van der Waals surface area contributed by atoms with Crippen molar-refractivity contribution in [2.45, 2.75) is 0 Å². The predicted molar refractivity (Wildman–Crippen MR) is 81.2 cm³/mol. The molecule has 0 spiro atoms. The van der Waals surface area contributed by atoms with E-state index in [2.05, 4.69) is 21.0 Å². The van der Waals surface area contributed by atoms with Gasteiger partial charge >= 0.3 is 0 Å². The summed E-state index contributed by atoms with van der Waals surface area (Å²) < 4.78 is 0. The monoisotopic (exact) mass is 260 g/mol. The van der Waals surface area contributed by atoms with E-state index in [1.807, 2.05) is 42.5 Å². The van der Waals surface area contributed by atoms with Crippen LogP contribution in [-0.2, 0) is 0 Å². The molecule has 0 saturated heterocycles. The Morgan fingerprint density at radius 1 is 0.950 bits per heavy atom. The van der Waals surface area contributed by atoms with E-state index in [4.69, 9.17) is 5.73 Å². The highest BCUT2D eigenvalue weighted by Gasteiger charge is 2.09. The molecule has 4 heteroatoms. The van der Waals surface area contributed by atoms with Crippen molar-refractivity contribution in [3.63, 3.8) is 0 Å². The van der Waals surface area contributed by atoms with Gasteiger partial charge in [0.15, 0.2) is 0 Å². The number of imidazole rings is 1. The number of pyridine rings is 1. The highest BCUT2D eigenvalue weighted by Crippen LogP contribution is 2.27. The zero-order chi connectivity index (χ0) is 13.5. The summed E-state index contributed by atoms with van der Waals surface area (Å²) in [5.41, 5.74) is 10.4. The van der Waals surface area contributed by atoms with Crippen LogP contribution in [0.25, 0.3) is 33.3 Å². The molecule has 0 radical (unpaired) electrons. The van der Waals surface area contributed by atoms with Crippen molar-refractivity contribution in [2.75, 3.05) is 5.73 Å². The minimum atomic E-state index is 0.729. The lowest BCUT2D eigenvalue weighted by Gasteiger charge is -2.02. The van der Waals surface area contributed by atoms with Gasteiger partial charge in [-0.05, 0) is 30.3 Å². The molecule has 0 amide bonds. The van der Waals surface area contributed by atoms with Crippen molar-refractivity contribution in [1.29, 1.82) is 0 Å². The van der Waals surface area contributed by atoms with Gasteiger partial charge in [0.25, 0.3) is 0 Å². The van der Waals surface area contributed by atoms with Crippen LogP contribution in [0.1, 0.15) is 0 Å². The Morgan fingerprint density at radius 3 is 2.85 bits per heavy atom. The van der Waals surface area contributed by atoms with Gasteiger partial charge in [-0.25, -0.2) is 4.98 Å². The van der Waals surface area contributed by atoms with Crippen molar-refractivity contribution in [1.82, 2.24) is 15.0 Å². The minimum absolute atomic E-state index is 0.729. The lowest BCUT2D eigenvalue weighted by atomic mass is 10.1. The summed E-state index contributed by atoms with van der Waals surface area (Å²) in [7, 11) is 0. The predicted octanol–water partition coefficient (Wildman–Crippen LogP) is 3.36. The van der Waals surface area contributed by atoms with Gasteiger partial charge in [0.1, 0.15) is 5.82 Å². The Bertz CT molecular complexity index is 919. The number of fused-ring (bicyclic) bond motifs is 2. The van der Waals surface area contributed by atoms with E-state index in [0.29, 0.717) is 0 Å². The number of nitrogen functional groups attached to an aromatic ring is 1. The SMILES string of the molecule is Nc1ccc2nc(-c3cccc4ncccc34)[nH]c2c1. The van der Waals surface area contributed by atoms with Crippen LogP contribution in [0, 0.1) is 0 Å². The van der Waals surface area contributed by atoms with Gasteiger partial charge < -0.3 is 10.7 Å². The fourth-order valence-corrected chi connectivity index (χ4v) is 2.46. The first kappa shape index (κ1) is 11.0. The van der Waals surface area contributed by atoms with Crippen molar-refractivity contribution in [3.8, 4) is 11.4 Å². The maximum absolute atomic E-state index is 5.80. The summed E-state index contributed by atoms with van der Waals surface area (Å²) >= 11 is 0. The van der Waals surface area contributed by atoms with E-state index < -0.39 is 0 Å². The molecule has 0 bridgehead atoms. The average molecular weight is 260 g/mol. The third-order valence-electron chi connectivity index (χ3n) is 3.41. The molecule has 0 aliphatic carbocycles. The van der Waals surface area contributed by atoms with Crippen LogP contribution in [0.3, 0.4) is 0 Å². The van der Waals surface area contributed by atoms with E-state index in [-0.39, 0.29) is 0 Å². The number of nitrogens with zero attached hydrogens (tertiary/aromatic N) is 2. The molecule has 20 heavy (non-hydrogen) atoms. The van der Waals surface area contributed by atoms with E-state index >= 15 is 0 Å². The molecule has 0 aliphatic heterocycles. The molecule has 4 nitrogen and oxygen atoms in total. The molecule has 0 saturated carbocycles. The fraction of sp³-hybridized carbons (Fsp3) is 0. The molecular weight excluding hydrogens is 248 g/mol. The first-order valence-electron chi connectivity index (χ1n) is 6.41. The Balaban J connectivity index is 2.01. The van der Waals surface area contributed by atoms with Gasteiger partial charge in [-0.2, -0.15) is 0 Å². The quantitative estimate of drug-likeness (QED) is 0.516. The van der Waals surface area contributed by atoms with Gasteiger partial charge in [-0.1, -0.05) is 18.2 Å². The van der Waals surface area contributed by atoms with Crippen LogP contribution >= 0.6 is 0 Å². The molecule has 96 valence electrons. The third kappa shape index (κ3) is 1.62. The third-order valence-corrected chi connectivity index (χ3v) is 3.41. The zero-order valence-corrected chi connectivity index (χ0v) is 10.7. The number of benzene rings is 2. The number of hydrogen-bond donors (Lipinski definition) is 2. The number of aromatic amines is 1. The summed E-state index contributed by atoms with van der Waals surface area (Å²) in [4.78, 5) is 12.3. The Morgan fingerprint density at radius 2 is 1.90 bits per heavy atom. The molecular formula is C16H12N4. The van der Waals surface area contributed by atoms with Crippen molar-refractivity contribution in [3.05, 3.63) is 54.7 Å². The summed E-state index contributed by atoms with van der Waals surface area (Å²) in [5, 5.41) is 1.09. The van der Waals surface area contributed by atoms with Crippen molar-refractivity contribution in [2.24, 2.45) is 0 Å².